The summed E-state index contributed by atoms with van der Waals surface area (Å²) in [6, 6.07) is 6.40. The van der Waals surface area contributed by atoms with Crippen LogP contribution < -0.4 is 5.32 Å². The molecule has 0 radical (unpaired) electrons. The standard InChI is InChI=1S/C20H26N2O6S2/c1-14-10-15(2)20(16(3)11-14)21-18(23)13-29(24,25)12-17-6-7-19(28-17)30(26,27)22-8-4-5-9-22/h6-7,10-11H,4-5,8-9,12-13H2,1-3H3,(H,21,23). The van der Waals surface area contributed by atoms with E-state index in [1.807, 2.05) is 32.9 Å². The Labute approximate surface area is 177 Å². The molecule has 1 N–H and O–H groups in total. The van der Waals surface area contributed by atoms with Crippen molar-refractivity contribution in [3.63, 3.8) is 0 Å². The number of carbonyl (C=O) groups is 1. The Kier molecular flexibility index (Phi) is 6.40. The van der Waals surface area contributed by atoms with Gasteiger partial charge in [0.1, 0.15) is 17.3 Å². The van der Waals surface area contributed by atoms with E-state index in [1.165, 1.54) is 16.4 Å². The van der Waals surface area contributed by atoms with Gasteiger partial charge in [-0.05, 0) is 56.9 Å². The number of sulfone groups is 1. The Balaban J connectivity index is 1.67. The van der Waals surface area contributed by atoms with E-state index in [-0.39, 0.29) is 10.9 Å². The molecule has 1 aromatic heterocycles. The molecule has 1 fully saturated rings. The Bertz CT molecular complexity index is 1140. The third kappa shape index (κ3) is 5.11. The molecule has 1 saturated heterocycles. The van der Waals surface area contributed by atoms with E-state index >= 15 is 0 Å². The number of hydrogen-bond acceptors (Lipinski definition) is 6. The Morgan fingerprint density at radius 2 is 1.63 bits per heavy atom. The quantitative estimate of drug-likeness (QED) is 0.688. The highest BCUT2D eigenvalue weighted by Gasteiger charge is 2.30. The molecule has 0 bridgehead atoms. The molecular formula is C20H26N2O6S2. The van der Waals surface area contributed by atoms with Crippen LogP contribution in [0.3, 0.4) is 0 Å². The molecule has 1 aliphatic rings. The van der Waals surface area contributed by atoms with Gasteiger partial charge in [-0.25, -0.2) is 16.8 Å². The first-order valence-corrected chi connectivity index (χ1v) is 12.9. The number of anilines is 1. The van der Waals surface area contributed by atoms with E-state index in [2.05, 4.69) is 5.32 Å². The topological polar surface area (TPSA) is 114 Å². The highest BCUT2D eigenvalue weighted by atomic mass is 32.2. The smallest absolute Gasteiger partial charge is 0.276 e. The number of nitrogens with one attached hydrogen (secondary N) is 1. The van der Waals surface area contributed by atoms with Crippen LogP contribution in [0.15, 0.2) is 33.8 Å². The maximum Gasteiger partial charge on any atom is 0.276 e. The highest BCUT2D eigenvalue weighted by Crippen LogP contribution is 2.24. The fourth-order valence-electron chi connectivity index (χ4n) is 3.65. The van der Waals surface area contributed by atoms with Gasteiger partial charge in [-0.15, -0.1) is 0 Å². The van der Waals surface area contributed by atoms with Crippen LogP contribution in [0.4, 0.5) is 5.69 Å². The number of carbonyl (C=O) groups excluding carboxylic acids is 1. The highest BCUT2D eigenvalue weighted by molar-refractivity contribution is 7.91. The largest absolute Gasteiger partial charge is 0.447 e. The first-order valence-electron chi connectivity index (χ1n) is 9.65. The molecule has 30 heavy (non-hydrogen) atoms. The van der Waals surface area contributed by atoms with E-state index in [0.717, 1.165) is 29.5 Å². The molecule has 0 saturated carbocycles. The molecule has 164 valence electrons. The van der Waals surface area contributed by atoms with Crippen LogP contribution in [0.1, 0.15) is 35.3 Å². The molecule has 2 heterocycles. The minimum Gasteiger partial charge on any atom is -0.447 e. The van der Waals surface area contributed by atoms with E-state index in [0.29, 0.717) is 18.8 Å². The molecule has 1 aromatic carbocycles. The Morgan fingerprint density at radius 3 is 2.23 bits per heavy atom. The summed E-state index contributed by atoms with van der Waals surface area (Å²) >= 11 is 0. The maximum absolute atomic E-state index is 12.5. The number of rotatable bonds is 7. The lowest BCUT2D eigenvalue weighted by Gasteiger charge is -2.13. The molecular weight excluding hydrogens is 428 g/mol. The van der Waals surface area contributed by atoms with Gasteiger partial charge in [-0.2, -0.15) is 4.31 Å². The fraction of sp³-hybridized carbons (Fsp3) is 0.450. The maximum atomic E-state index is 12.5. The number of amides is 1. The third-order valence-corrected chi connectivity index (χ3v) is 8.15. The van der Waals surface area contributed by atoms with Gasteiger partial charge in [0.2, 0.25) is 11.0 Å². The predicted octanol–water partition coefficient (Wildman–Crippen LogP) is 2.54. The van der Waals surface area contributed by atoms with Crippen molar-refractivity contribution < 1.29 is 26.0 Å². The average molecular weight is 455 g/mol. The summed E-state index contributed by atoms with van der Waals surface area (Å²) < 4.78 is 56.6. The van der Waals surface area contributed by atoms with Crippen LogP contribution in [0.2, 0.25) is 0 Å². The molecule has 0 unspecified atom stereocenters. The molecule has 1 amide bonds. The van der Waals surface area contributed by atoms with Crippen molar-refractivity contribution in [1.29, 1.82) is 0 Å². The van der Waals surface area contributed by atoms with Crippen molar-refractivity contribution >= 4 is 31.5 Å². The minimum atomic E-state index is -3.85. The second-order valence-corrected chi connectivity index (χ2v) is 11.6. The lowest BCUT2D eigenvalue weighted by Crippen LogP contribution is -2.27. The Morgan fingerprint density at radius 1 is 1.03 bits per heavy atom. The summed E-state index contributed by atoms with van der Waals surface area (Å²) in [5, 5.41) is 2.39. The lowest BCUT2D eigenvalue weighted by atomic mass is 10.1. The zero-order chi connectivity index (χ0) is 22.1. The zero-order valence-electron chi connectivity index (χ0n) is 17.3. The molecule has 10 heteroatoms. The number of benzene rings is 1. The fourth-order valence-corrected chi connectivity index (χ4v) is 6.26. The second-order valence-electron chi connectivity index (χ2n) is 7.69. The molecule has 2 aromatic rings. The molecule has 0 aliphatic carbocycles. The van der Waals surface area contributed by atoms with Crippen LogP contribution in [0.25, 0.3) is 0 Å². The lowest BCUT2D eigenvalue weighted by molar-refractivity contribution is -0.113. The molecule has 3 rings (SSSR count). The van der Waals surface area contributed by atoms with Crippen molar-refractivity contribution in [2.75, 3.05) is 24.2 Å². The average Bonchev–Trinajstić information content (AvgIpc) is 3.29. The Hall–Kier alpha value is -2.17. The van der Waals surface area contributed by atoms with Gasteiger partial charge < -0.3 is 9.73 Å². The SMILES string of the molecule is Cc1cc(C)c(NC(=O)CS(=O)(=O)Cc2ccc(S(=O)(=O)N3CCCC3)o2)c(C)c1. The number of nitrogens with zero attached hydrogens (tertiary/aromatic N) is 1. The van der Waals surface area contributed by atoms with E-state index in [1.54, 1.807) is 0 Å². The van der Waals surface area contributed by atoms with Crippen molar-refractivity contribution in [1.82, 2.24) is 4.31 Å². The number of aryl methyl sites for hydroxylation is 3. The minimum absolute atomic E-state index is 0.0109. The van der Waals surface area contributed by atoms with E-state index < -0.39 is 37.3 Å². The first kappa shape index (κ1) is 22.5. The van der Waals surface area contributed by atoms with Crippen molar-refractivity contribution in [3.05, 3.63) is 46.7 Å². The summed E-state index contributed by atoms with van der Waals surface area (Å²) in [5.74, 6) is -1.94. The van der Waals surface area contributed by atoms with Gasteiger partial charge >= 0.3 is 0 Å². The summed E-state index contributed by atoms with van der Waals surface area (Å²) in [5.41, 5.74) is 3.34. The molecule has 1 aliphatic heterocycles. The van der Waals surface area contributed by atoms with Gasteiger partial charge in [0.05, 0.1) is 0 Å². The van der Waals surface area contributed by atoms with Crippen LogP contribution in [-0.2, 0) is 30.4 Å². The summed E-state index contributed by atoms with van der Waals surface area (Å²) in [4.78, 5) is 12.3. The van der Waals surface area contributed by atoms with Gasteiger partial charge in [0.25, 0.3) is 10.0 Å². The summed E-state index contributed by atoms with van der Waals surface area (Å²) in [7, 11) is -7.61. The normalized spacial score (nSPS) is 15.4. The molecule has 8 nitrogen and oxygen atoms in total. The van der Waals surface area contributed by atoms with Crippen LogP contribution >= 0.6 is 0 Å². The van der Waals surface area contributed by atoms with Gasteiger partial charge in [-0.3, -0.25) is 4.79 Å². The van der Waals surface area contributed by atoms with E-state index in [4.69, 9.17) is 4.42 Å². The van der Waals surface area contributed by atoms with E-state index in [9.17, 15) is 21.6 Å². The first-order chi connectivity index (χ1) is 14.0. The van der Waals surface area contributed by atoms with Gasteiger partial charge in [0, 0.05) is 18.8 Å². The summed E-state index contributed by atoms with van der Waals surface area (Å²) in [6.07, 6.45) is 1.58. The second kappa shape index (κ2) is 8.52. The van der Waals surface area contributed by atoms with Gasteiger partial charge in [0.15, 0.2) is 9.84 Å². The number of furan rings is 1. The van der Waals surface area contributed by atoms with Crippen molar-refractivity contribution in [2.45, 2.75) is 44.5 Å². The zero-order valence-corrected chi connectivity index (χ0v) is 18.9. The van der Waals surface area contributed by atoms with Crippen LogP contribution in [-0.4, -0.2) is 45.9 Å². The van der Waals surface area contributed by atoms with Crippen LogP contribution in [0.5, 0.6) is 0 Å². The van der Waals surface area contributed by atoms with Crippen molar-refractivity contribution in [3.8, 4) is 0 Å². The third-order valence-electron chi connectivity index (χ3n) is 4.95. The van der Waals surface area contributed by atoms with Gasteiger partial charge in [-0.1, -0.05) is 17.7 Å². The summed E-state index contributed by atoms with van der Waals surface area (Å²) in [6.45, 7) is 6.48. The van der Waals surface area contributed by atoms with Crippen molar-refractivity contribution in [2.24, 2.45) is 0 Å². The van der Waals surface area contributed by atoms with Crippen LogP contribution in [0, 0.1) is 20.8 Å². The monoisotopic (exact) mass is 454 g/mol. The number of hydrogen-bond donors (Lipinski definition) is 1. The molecule has 0 atom stereocenters. The predicted molar refractivity (Wildman–Crippen MR) is 113 cm³/mol. The number of sulfonamides is 1. The molecule has 0 spiro atoms.